The Morgan fingerprint density at radius 1 is 1.19 bits per heavy atom. The Labute approximate surface area is 182 Å². The number of nitrogens with one attached hydrogen (secondary N) is 2. The monoisotopic (exact) mass is 505 g/mol. The topological polar surface area (TPSA) is 75.1 Å². The first-order valence-corrected chi connectivity index (χ1v) is 9.42. The van der Waals surface area contributed by atoms with E-state index < -0.39 is 5.60 Å². The lowest BCUT2D eigenvalue weighted by Crippen LogP contribution is -2.44. The van der Waals surface area contributed by atoms with E-state index >= 15 is 0 Å². The van der Waals surface area contributed by atoms with Gasteiger partial charge in [0.1, 0.15) is 5.60 Å². The molecule has 0 saturated heterocycles. The van der Waals surface area contributed by atoms with Crippen LogP contribution in [0.4, 0.5) is 0 Å². The third kappa shape index (κ3) is 6.86. The van der Waals surface area contributed by atoms with Gasteiger partial charge in [0, 0.05) is 6.54 Å². The van der Waals surface area contributed by atoms with Gasteiger partial charge < -0.3 is 25.2 Å². The lowest BCUT2D eigenvalue weighted by atomic mass is 9.99. The van der Waals surface area contributed by atoms with Gasteiger partial charge in [0.05, 0.1) is 27.3 Å². The Morgan fingerprint density at radius 3 is 2.52 bits per heavy atom. The van der Waals surface area contributed by atoms with Crippen molar-refractivity contribution in [3.63, 3.8) is 0 Å². The smallest absolute Gasteiger partial charge is 0.191 e. The first-order chi connectivity index (χ1) is 12.5. The maximum atomic E-state index is 10.6. The molecule has 2 aromatic rings. The summed E-state index contributed by atoms with van der Waals surface area (Å²) in [7, 11) is 3.23. The van der Waals surface area contributed by atoms with E-state index in [-0.39, 0.29) is 24.0 Å². The fraction of sp³-hybridized carbons (Fsp3) is 0.421. The zero-order valence-electron chi connectivity index (χ0n) is 16.1. The minimum absolute atomic E-state index is 0. The molecule has 1 atom stereocenters. The number of hydrogen-bond donors (Lipinski definition) is 3. The molecule has 0 aliphatic carbocycles. The van der Waals surface area contributed by atoms with E-state index in [1.165, 1.54) is 0 Å². The van der Waals surface area contributed by atoms with Crippen LogP contribution >= 0.6 is 35.3 Å². The highest BCUT2D eigenvalue weighted by atomic mass is 127. The van der Waals surface area contributed by atoms with E-state index in [1.54, 1.807) is 32.5 Å². The predicted octanol–water partition coefficient (Wildman–Crippen LogP) is 3.35. The van der Waals surface area contributed by atoms with E-state index in [4.69, 9.17) is 9.47 Å². The summed E-state index contributed by atoms with van der Waals surface area (Å²) in [6.45, 7) is 5.38. The van der Waals surface area contributed by atoms with Gasteiger partial charge >= 0.3 is 0 Å². The molecule has 27 heavy (non-hydrogen) atoms. The van der Waals surface area contributed by atoms with Crippen LogP contribution in [0.3, 0.4) is 0 Å². The first kappa shape index (κ1) is 23.5. The Morgan fingerprint density at radius 2 is 1.93 bits per heavy atom. The third-order valence-electron chi connectivity index (χ3n) is 3.96. The Bertz CT molecular complexity index is 721. The van der Waals surface area contributed by atoms with Crippen molar-refractivity contribution in [3.05, 3.63) is 46.2 Å². The molecule has 0 fully saturated rings. The molecular weight excluding hydrogens is 477 g/mol. The highest BCUT2D eigenvalue weighted by molar-refractivity contribution is 14.0. The van der Waals surface area contributed by atoms with Crippen LogP contribution in [0.2, 0.25) is 0 Å². The quantitative estimate of drug-likeness (QED) is 0.292. The molecule has 8 heteroatoms. The van der Waals surface area contributed by atoms with Crippen molar-refractivity contribution in [2.24, 2.45) is 4.99 Å². The molecule has 0 bridgehead atoms. The Hall–Kier alpha value is -1.52. The summed E-state index contributed by atoms with van der Waals surface area (Å²) in [5, 5.41) is 21.0. The number of guanidine groups is 1. The lowest BCUT2D eigenvalue weighted by molar-refractivity contribution is 0.0621. The number of thiophene rings is 1. The van der Waals surface area contributed by atoms with Gasteiger partial charge in [-0.25, -0.2) is 4.99 Å². The summed E-state index contributed by atoms with van der Waals surface area (Å²) in [5.74, 6) is 2.02. The van der Waals surface area contributed by atoms with Crippen molar-refractivity contribution in [2.75, 3.05) is 27.3 Å². The van der Waals surface area contributed by atoms with Gasteiger partial charge in [-0.3, -0.25) is 0 Å². The summed E-state index contributed by atoms with van der Waals surface area (Å²) in [6.07, 6.45) is 0. The van der Waals surface area contributed by atoms with E-state index in [9.17, 15) is 5.11 Å². The molecule has 6 nitrogen and oxygen atoms in total. The fourth-order valence-corrected chi connectivity index (χ4v) is 3.20. The van der Waals surface area contributed by atoms with Gasteiger partial charge in [-0.2, -0.15) is 11.3 Å². The number of aliphatic imine (C=N–C) groups is 1. The first-order valence-electron chi connectivity index (χ1n) is 8.48. The van der Waals surface area contributed by atoms with Crippen molar-refractivity contribution in [3.8, 4) is 11.5 Å². The third-order valence-corrected chi connectivity index (χ3v) is 4.64. The molecule has 1 aromatic heterocycles. The SMILES string of the molecule is CCNC(=NCc1ccc(OC)c(OC)c1)NCC(C)(O)c1ccsc1.I. The predicted molar refractivity (Wildman–Crippen MR) is 122 cm³/mol. The van der Waals surface area contributed by atoms with Gasteiger partial charge in [-0.1, -0.05) is 6.07 Å². The van der Waals surface area contributed by atoms with Gasteiger partial charge in [0.25, 0.3) is 0 Å². The molecule has 2 rings (SSSR count). The zero-order valence-corrected chi connectivity index (χ0v) is 19.3. The summed E-state index contributed by atoms with van der Waals surface area (Å²) >= 11 is 1.57. The highest BCUT2D eigenvalue weighted by Gasteiger charge is 2.23. The summed E-state index contributed by atoms with van der Waals surface area (Å²) in [6, 6.07) is 7.66. The van der Waals surface area contributed by atoms with Crippen molar-refractivity contribution >= 4 is 41.3 Å². The van der Waals surface area contributed by atoms with Crippen LogP contribution in [0.25, 0.3) is 0 Å². The second-order valence-corrected chi connectivity index (χ2v) is 6.80. The molecule has 0 amide bonds. The molecule has 1 aromatic carbocycles. The van der Waals surface area contributed by atoms with Gasteiger partial charge in [0.15, 0.2) is 17.5 Å². The number of nitrogens with zero attached hydrogens (tertiary/aromatic N) is 1. The molecule has 0 radical (unpaired) electrons. The number of benzene rings is 1. The molecule has 0 spiro atoms. The van der Waals surface area contributed by atoms with E-state index in [0.29, 0.717) is 30.5 Å². The maximum Gasteiger partial charge on any atom is 0.191 e. The number of hydrogen-bond acceptors (Lipinski definition) is 5. The molecule has 150 valence electrons. The number of ether oxygens (including phenoxy) is 2. The van der Waals surface area contributed by atoms with Crippen LogP contribution in [-0.2, 0) is 12.1 Å². The Kier molecular flexibility index (Phi) is 9.89. The maximum absolute atomic E-state index is 10.6. The molecule has 0 aliphatic rings. The van der Waals surface area contributed by atoms with Crippen LogP contribution in [0, 0.1) is 0 Å². The number of methoxy groups -OCH3 is 2. The van der Waals surface area contributed by atoms with E-state index in [2.05, 4.69) is 15.6 Å². The van der Waals surface area contributed by atoms with Crippen molar-refractivity contribution in [1.82, 2.24) is 10.6 Å². The standard InChI is InChI=1S/C19H27N3O3S.HI/c1-5-20-18(22-13-19(2,23)15-8-9-26-12-15)21-11-14-6-7-16(24-3)17(10-14)25-4;/h6-10,12,23H,5,11,13H2,1-4H3,(H2,20,21,22);1H. The minimum atomic E-state index is -0.959. The average molecular weight is 505 g/mol. The minimum Gasteiger partial charge on any atom is -0.493 e. The Balaban J connectivity index is 0.00000364. The van der Waals surface area contributed by atoms with Gasteiger partial charge in [0.2, 0.25) is 0 Å². The molecule has 1 unspecified atom stereocenters. The average Bonchev–Trinajstić information content (AvgIpc) is 3.19. The second-order valence-electron chi connectivity index (χ2n) is 6.02. The summed E-state index contributed by atoms with van der Waals surface area (Å²) in [4.78, 5) is 4.59. The zero-order chi connectivity index (χ0) is 19.0. The fourth-order valence-electron chi connectivity index (χ4n) is 2.42. The van der Waals surface area contributed by atoms with Crippen molar-refractivity contribution in [2.45, 2.75) is 26.0 Å². The lowest BCUT2D eigenvalue weighted by Gasteiger charge is -2.24. The molecule has 0 aliphatic heterocycles. The highest BCUT2D eigenvalue weighted by Crippen LogP contribution is 2.27. The van der Waals surface area contributed by atoms with Gasteiger partial charge in [-0.05, 0) is 53.9 Å². The summed E-state index contributed by atoms with van der Waals surface area (Å²) < 4.78 is 10.6. The molecule has 0 saturated carbocycles. The summed E-state index contributed by atoms with van der Waals surface area (Å²) in [5.41, 5.74) is 0.940. The molecular formula is C19H28IN3O3S. The van der Waals surface area contributed by atoms with Crippen LogP contribution in [0.5, 0.6) is 11.5 Å². The number of halogens is 1. The second kappa shape index (κ2) is 11.4. The van der Waals surface area contributed by atoms with Gasteiger partial charge in [-0.15, -0.1) is 24.0 Å². The van der Waals surface area contributed by atoms with Crippen LogP contribution < -0.4 is 20.1 Å². The van der Waals surface area contributed by atoms with Crippen molar-refractivity contribution in [1.29, 1.82) is 0 Å². The van der Waals surface area contributed by atoms with E-state index in [1.807, 2.05) is 41.9 Å². The molecule has 3 N–H and O–H groups in total. The van der Waals surface area contributed by atoms with Crippen molar-refractivity contribution < 1.29 is 14.6 Å². The van der Waals surface area contributed by atoms with Crippen LogP contribution in [-0.4, -0.2) is 38.4 Å². The van der Waals surface area contributed by atoms with E-state index in [0.717, 1.165) is 17.7 Å². The van der Waals surface area contributed by atoms with Crippen LogP contribution in [0.1, 0.15) is 25.0 Å². The number of rotatable bonds is 8. The normalized spacial score (nSPS) is 13.3. The largest absolute Gasteiger partial charge is 0.493 e. The molecule has 1 heterocycles. The number of aliphatic hydroxyl groups is 1. The van der Waals surface area contributed by atoms with Crippen LogP contribution in [0.15, 0.2) is 40.0 Å².